The van der Waals surface area contributed by atoms with Crippen molar-refractivity contribution in [1.29, 1.82) is 0 Å². The molecule has 0 atom stereocenters. The maximum absolute atomic E-state index is 11.9. The number of Topliss-reactive ketones (excluding diaryl/α,β-unsaturated/α-hetero) is 1. The molecule has 0 spiro atoms. The third-order valence-corrected chi connectivity index (χ3v) is 4.65. The number of amides is 1. The molecule has 0 unspecified atom stereocenters. The van der Waals surface area contributed by atoms with Gasteiger partial charge in [-0.25, -0.2) is 0 Å². The molecule has 1 aliphatic rings. The fourth-order valence-corrected chi connectivity index (χ4v) is 3.09. The number of aromatic nitrogens is 1. The molecule has 1 aromatic heterocycles. The molecule has 1 aliphatic heterocycles. The molecule has 0 radical (unpaired) electrons. The summed E-state index contributed by atoms with van der Waals surface area (Å²) in [6, 6.07) is 16.3. The lowest BCUT2D eigenvalue weighted by atomic mass is 9.99. The zero-order valence-corrected chi connectivity index (χ0v) is 16.8. The van der Waals surface area contributed by atoms with Gasteiger partial charge in [-0.05, 0) is 48.4 Å². The average Bonchev–Trinajstić information content (AvgIpc) is 2.79. The summed E-state index contributed by atoms with van der Waals surface area (Å²) in [5.41, 5.74) is 8.23. The van der Waals surface area contributed by atoms with Crippen molar-refractivity contribution in [3.05, 3.63) is 89.2 Å². The number of rotatable bonds is 5. The Labute approximate surface area is 175 Å². The summed E-state index contributed by atoms with van der Waals surface area (Å²) in [5, 5.41) is 0. The van der Waals surface area contributed by atoms with Gasteiger partial charge in [0.25, 0.3) is 0 Å². The van der Waals surface area contributed by atoms with E-state index in [1.54, 1.807) is 42.7 Å². The van der Waals surface area contributed by atoms with E-state index < -0.39 is 0 Å². The Hall–Kier alpha value is -3.67. The zero-order chi connectivity index (χ0) is 21.3. The summed E-state index contributed by atoms with van der Waals surface area (Å²) in [6.07, 6.45) is 4.71. The van der Waals surface area contributed by atoms with Crippen LogP contribution in [0.3, 0.4) is 0 Å². The second kappa shape index (κ2) is 10.2. The molecule has 4 rings (SSSR count). The van der Waals surface area contributed by atoms with E-state index in [0.29, 0.717) is 36.5 Å². The Morgan fingerprint density at radius 1 is 1.10 bits per heavy atom. The lowest BCUT2D eigenvalue weighted by Gasteiger charge is -2.21. The highest BCUT2D eigenvalue weighted by Crippen LogP contribution is 2.36. The molecule has 6 nitrogen and oxygen atoms in total. The number of carbonyl (C=O) groups excluding carboxylic acids is 2. The molecule has 6 heteroatoms. The topological polar surface area (TPSA) is 91.5 Å². The number of carbonyl (C=O) groups is 2. The third-order valence-electron chi connectivity index (χ3n) is 4.65. The standard InChI is InChI=1S/C17H17NO3.C7H7NO/c1-2-13-16(21-11-12-5-8-18-9-6-12)4-3-14-15(19)7-10-20-17(13)14;8-7(9)6-4-2-1-3-5-6/h3-6,8-9H,2,7,10-11H2,1H3;1-5H,(H2,8,9). The third kappa shape index (κ3) is 5.23. The number of nitrogens with two attached hydrogens (primary N) is 1. The first-order valence-electron chi connectivity index (χ1n) is 9.78. The van der Waals surface area contributed by atoms with Crippen molar-refractivity contribution in [3.63, 3.8) is 0 Å². The maximum atomic E-state index is 11.9. The van der Waals surface area contributed by atoms with Crippen LogP contribution in [0.5, 0.6) is 11.5 Å². The fraction of sp³-hybridized carbons (Fsp3) is 0.208. The van der Waals surface area contributed by atoms with Gasteiger partial charge in [0, 0.05) is 29.9 Å². The van der Waals surface area contributed by atoms with E-state index in [0.717, 1.165) is 23.3 Å². The SMILES string of the molecule is CCc1c(OCc2ccncc2)ccc2c1OCCC2=O.NC(=O)c1ccccc1. The predicted molar refractivity (Wildman–Crippen MR) is 114 cm³/mol. The number of benzene rings is 2. The lowest BCUT2D eigenvalue weighted by molar-refractivity contribution is 0.0931. The van der Waals surface area contributed by atoms with Gasteiger partial charge in [0.15, 0.2) is 5.78 Å². The quantitative estimate of drug-likeness (QED) is 0.695. The largest absolute Gasteiger partial charge is 0.492 e. The monoisotopic (exact) mass is 404 g/mol. The smallest absolute Gasteiger partial charge is 0.248 e. The van der Waals surface area contributed by atoms with Crippen molar-refractivity contribution in [1.82, 2.24) is 4.98 Å². The first kappa shape index (κ1) is 21.0. The zero-order valence-electron chi connectivity index (χ0n) is 16.8. The van der Waals surface area contributed by atoms with Crippen LogP contribution in [0, 0.1) is 0 Å². The van der Waals surface area contributed by atoms with Crippen molar-refractivity contribution in [2.24, 2.45) is 5.73 Å². The van der Waals surface area contributed by atoms with Gasteiger partial charge < -0.3 is 15.2 Å². The minimum Gasteiger partial charge on any atom is -0.492 e. The fourth-order valence-electron chi connectivity index (χ4n) is 3.09. The first-order valence-corrected chi connectivity index (χ1v) is 9.78. The molecule has 0 saturated heterocycles. The van der Waals surface area contributed by atoms with Gasteiger partial charge in [0.1, 0.15) is 18.1 Å². The van der Waals surface area contributed by atoms with Gasteiger partial charge in [-0.3, -0.25) is 14.6 Å². The van der Waals surface area contributed by atoms with Crippen LogP contribution in [0.25, 0.3) is 0 Å². The summed E-state index contributed by atoms with van der Waals surface area (Å²) in [4.78, 5) is 26.3. The van der Waals surface area contributed by atoms with E-state index in [4.69, 9.17) is 15.2 Å². The van der Waals surface area contributed by atoms with E-state index in [1.807, 2.05) is 31.2 Å². The molecule has 0 bridgehead atoms. The van der Waals surface area contributed by atoms with Crippen LogP contribution < -0.4 is 15.2 Å². The molecule has 1 amide bonds. The molecule has 2 heterocycles. The van der Waals surface area contributed by atoms with Crippen molar-refractivity contribution >= 4 is 11.7 Å². The van der Waals surface area contributed by atoms with Crippen molar-refractivity contribution in [2.45, 2.75) is 26.4 Å². The highest BCUT2D eigenvalue weighted by molar-refractivity contribution is 6.00. The first-order chi connectivity index (χ1) is 14.6. The van der Waals surface area contributed by atoms with Crippen LogP contribution in [0.1, 0.15) is 45.2 Å². The second-order valence-corrected chi connectivity index (χ2v) is 6.67. The number of nitrogens with zero attached hydrogens (tertiary/aromatic N) is 1. The summed E-state index contributed by atoms with van der Waals surface area (Å²) in [7, 11) is 0. The van der Waals surface area contributed by atoms with Crippen LogP contribution >= 0.6 is 0 Å². The molecular weight excluding hydrogens is 380 g/mol. The van der Waals surface area contributed by atoms with Gasteiger partial charge in [0.05, 0.1) is 12.2 Å². The molecule has 0 saturated carbocycles. The van der Waals surface area contributed by atoms with Gasteiger partial charge >= 0.3 is 0 Å². The summed E-state index contributed by atoms with van der Waals surface area (Å²) >= 11 is 0. The van der Waals surface area contributed by atoms with Gasteiger partial charge in [-0.15, -0.1) is 0 Å². The molecule has 0 fully saturated rings. The number of ether oxygens (including phenoxy) is 2. The molecule has 0 aliphatic carbocycles. The maximum Gasteiger partial charge on any atom is 0.248 e. The van der Waals surface area contributed by atoms with Crippen LogP contribution in [-0.4, -0.2) is 23.3 Å². The lowest BCUT2D eigenvalue weighted by Crippen LogP contribution is -2.17. The number of ketones is 1. The minimum absolute atomic E-state index is 0.145. The van der Waals surface area contributed by atoms with E-state index in [2.05, 4.69) is 4.98 Å². The number of pyridine rings is 1. The Kier molecular flexibility index (Phi) is 7.16. The molecule has 30 heavy (non-hydrogen) atoms. The van der Waals surface area contributed by atoms with E-state index >= 15 is 0 Å². The Morgan fingerprint density at radius 3 is 2.47 bits per heavy atom. The number of hydrogen-bond donors (Lipinski definition) is 1. The van der Waals surface area contributed by atoms with Crippen molar-refractivity contribution < 1.29 is 19.1 Å². The summed E-state index contributed by atoms with van der Waals surface area (Å²) < 4.78 is 11.6. The summed E-state index contributed by atoms with van der Waals surface area (Å²) in [6.45, 7) is 2.96. The second-order valence-electron chi connectivity index (χ2n) is 6.67. The minimum atomic E-state index is -0.379. The molecule has 2 aromatic carbocycles. The molecule has 2 N–H and O–H groups in total. The Morgan fingerprint density at radius 2 is 1.83 bits per heavy atom. The van der Waals surface area contributed by atoms with E-state index in [1.165, 1.54) is 0 Å². The summed E-state index contributed by atoms with van der Waals surface area (Å²) in [5.74, 6) is 1.24. The average molecular weight is 404 g/mol. The van der Waals surface area contributed by atoms with Crippen LogP contribution in [0.4, 0.5) is 0 Å². The Balaban J connectivity index is 0.000000239. The molecular formula is C24H24N2O4. The normalized spacial score (nSPS) is 12.1. The van der Waals surface area contributed by atoms with E-state index in [-0.39, 0.29) is 11.7 Å². The number of fused-ring (bicyclic) bond motifs is 1. The van der Waals surface area contributed by atoms with Crippen molar-refractivity contribution in [3.8, 4) is 11.5 Å². The predicted octanol–water partition coefficient (Wildman–Crippen LogP) is 3.97. The van der Waals surface area contributed by atoms with Gasteiger partial charge in [-0.1, -0.05) is 25.1 Å². The van der Waals surface area contributed by atoms with Crippen molar-refractivity contribution in [2.75, 3.05) is 6.61 Å². The van der Waals surface area contributed by atoms with Gasteiger partial charge in [0.2, 0.25) is 5.91 Å². The van der Waals surface area contributed by atoms with Gasteiger partial charge in [-0.2, -0.15) is 0 Å². The van der Waals surface area contributed by atoms with Crippen LogP contribution in [0.15, 0.2) is 67.0 Å². The molecule has 3 aromatic rings. The van der Waals surface area contributed by atoms with E-state index in [9.17, 15) is 9.59 Å². The Bertz CT molecular complexity index is 1000. The molecule has 154 valence electrons. The van der Waals surface area contributed by atoms with Crippen LogP contribution in [0.2, 0.25) is 0 Å². The van der Waals surface area contributed by atoms with Crippen LogP contribution in [-0.2, 0) is 13.0 Å². The number of hydrogen-bond acceptors (Lipinski definition) is 5. The highest BCUT2D eigenvalue weighted by atomic mass is 16.5. The highest BCUT2D eigenvalue weighted by Gasteiger charge is 2.23. The number of primary amides is 1.